The van der Waals surface area contributed by atoms with E-state index in [2.05, 4.69) is 12.3 Å². The average molecular weight is 451 g/mol. The Morgan fingerprint density at radius 2 is 1.75 bits per heavy atom. The molecule has 1 unspecified atom stereocenters. The molecule has 7 heteroatoms. The van der Waals surface area contributed by atoms with Gasteiger partial charge in [0.05, 0.1) is 12.0 Å². The second kappa shape index (κ2) is 10.1. The van der Waals surface area contributed by atoms with Gasteiger partial charge in [-0.3, -0.25) is 10.2 Å². The summed E-state index contributed by atoms with van der Waals surface area (Å²) >= 11 is 0. The molecule has 32 heavy (non-hydrogen) atoms. The summed E-state index contributed by atoms with van der Waals surface area (Å²) in [5.41, 5.74) is 1.56. The highest BCUT2D eigenvalue weighted by atomic mass is 19.4. The van der Waals surface area contributed by atoms with Crippen molar-refractivity contribution in [3.8, 4) is 5.75 Å². The maximum absolute atomic E-state index is 14.3. The van der Waals surface area contributed by atoms with Crippen LogP contribution in [0.25, 0.3) is 10.8 Å². The van der Waals surface area contributed by atoms with Crippen molar-refractivity contribution in [2.75, 3.05) is 13.2 Å². The van der Waals surface area contributed by atoms with Crippen molar-refractivity contribution in [1.82, 2.24) is 10.4 Å². The molecule has 2 aromatic rings. The van der Waals surface area contributed by atoms with Gasteiger partial charge >= 0.3 is 6.18 Å². The van der Waals surface area contributed by atoms with E-state index in [1.807, 2.05) is 12.1 Å². The molecule has 1 aliphatic rings. The van der Waals surface area contributed by atoms with Crippen LogP contribution in [-0.2, 0) is 4.79 Å². The van der Waals surface area contributed by atoms with E-state index in [-0.39, 0.29) is 17.9 Å². The number of benzene rings is 2. The lowest BCUT2D eigenvalue weighted by Gasteiger charge is -2.31. The summed E-state index contributed by atoms with van der Waals surface area (Å²) in [5, 5.41) is 2.47. The lowest BCUT2D eigenvalue weighted by Crippen LogP contribution is -2.43. The Bertz CT molecular complexity index is 927. The number of carbonyl (C=O) groups is 1. The third-order valence-corrected chi connectivity index (χ3v) is 6.00. The third kappa shape index (κ3) is 5.55. The number of amides is 1. The maximum atomic E-state index is 14.3. The number of hydrogen-bond donors (Lipinski definition) is 1. The number of hydrazine groups is 1. The fraction of sp³-hybridized carbons (Fsp3) is 0.560. The highest BCUT2D eigenvalue weighted by molar-refractivity contribution is 5.90. The van der Waals surface area contributed by atoms with Crippen LogP contribution in [0.2, 0.25) is 0 Å². The van der Waals surface area contributed by atoms with Crippen molar-refractivity contribution >= 4 is 16.7 Å². The zero-order chi connectivity index (χ0) is 23.4. The summed E-state index contributed by atoms with van der Waals surface area (Å²) in [4.78, 5) is 12.2. The highest BCUT2D eigenvalue weighted by Gasteiger charge is 2.52. The summed E-state index contributed by atoms with van der Waals surface area (Å²) in [6, 6.07) is 8.47. The average Bonchev–Trinajstić information content (AvgIpc) is 2.99. The van der Waals surface area contributed by atoms with E-state index < -0.39 is 23.5 Å². The molecule has 1 heterocycles. The van der Waals surface area contributed by atoms with Crippen molar-refractivity contribution < 1.29 is 22.7 Å². The van der Waals surface area contributed by atoms with Gasteiger partial charge in [-0.2, -0.15) is 13.2 Å². The van der Waals surface area contributed by atoms with Gasteiger partial charge < -0.3 is 4.74 Å². The number of halogens is 3. The Morgan fingerprint density at radius 1 is 1.06 bits per heavy atom. The molecule has 1 aliphatic heterocycles. The topological polar surface area (TPSA) is 41.6 Å². The van der Waals surface area contributed by atoms with Crippen LogP contribution < -0.4 is 10.2 Å². The van der Waals surface area contributed by atoms with Crippen LogP contribution in [0.5, 0.6) is 5.75 Å². The van der Waals surface area contributed by atoms with Gasteiger partial charge in [0, 0.05) is 17.5 Å². The Balaban J connectivity index is 1.91. The normalized spacial score (nSPS) is 17.5. The zero-order valence-corrected chi connectivity index (χ0v) is 19.1. The Morgan fingerprint density at radius 3 is 2.41 bits per heavy atom. The van der Waals surface area contributed by atoms with E-state index in [1.54, 1.807) is 32.0 Å². The van der Waals surface area contributed by atoms with Gasteiger partial charge in [-0.05, 0) is 25.7 Å². The van der Waals surface area contributed by atoms with Crippen molar-refractivity contribution in [2.24, 2.45) is 5.41 Å². The number of fused-ring (bicyclic) bond motifs is 1. The summed E-state index contributed by atoms with van der Waals surface area (Å²) < 4.78 is 49.0. The van der Waals surface area contributed by atoms with E-state index in [4.69, 9.17) is 4.74 Å². The van der Waals surface area contributed by atoms with Gasteiger partial charge in [-0.15, -0.1) is 0 Å². The number of alkyl halides is 3. The molecule has 1 amide bonds. The van der Waals surface area contributed by atoms with Crippen molar-refractivity contribution in [3.05, 3.63) is 42.0 Å². The first kappa shape index (κ1) is 24.4. The van der Waals surface area contributed by atoms with Gasteiger partial charge in [-0.25, -0.2) is 5.01 Å². The monoisotopic (exact) mass is 450 g/mol. The largest absolute Gasteiger partial charge is 0.493 e. The van der Waals surface area contributed by atoms with E-state index in [0.29, 0.717) is 12.0 Å². The standard InChI is InChI=1S/C25H33F3N2O2/c1-4-5-6-7-8-11-16-32-21-19-13-10-9-12-18(19)14-15-20(21)22(25(26,27)28)30-17-24(2,3)23(31)29-30/h9-10,12-15,22H,4-8,11,16-17H2,1-3H3,(H,29,31). The van der Waals surface area contributed by atoms with Crippen LogP contribution >= 0.6 is 0 Å². The first-order chi connectivity index (χ1) is 15.1. The van der Waals surface area contributed by atoms with E-state index in [0.717, 1.165) is 36.1 Å². The van der Waals surface area contributed by atoms with Crippen LogP contribution in [-0.4, -0.2) is 30.2 Å². The third-order valence-electron chi connectivity index (χ3n) is 6.00. The number of ether oxygens (including phenoxy) is 1. The minimum absolute atomic E-state index is 0.0279. The van der Waals surface area contributed by atoms with Gasteiger partial charge in [0.2, 0.25) is 5.91 Å². The molecule has 0 aromatic heterocycles. The smallest absolute Gasteiger partial charge is 0.410 e. The van der Waals surface area contributed by atoms with Crippen LogP contribution in [0.15, 0.2) is 36.4 Å². The molecule has 1 atom stereocenters. The SMILES string of the molecule is CCCCCCCCOc1c(C(N2CC(C)(C)C(=O)N2)C(F)(F)F)ccc2ccccc12. The first-order valence-electron chi connectivity index (χ1n) is 11.4. The second-order valence-electron chi connectivity index (χ2n) is 9.22. The number of nitrogens with zero attached hydrogens (tertiary/aromatic N) is 1. The number of rotatable bonds is 10. The molecule has 1 fully saturated rings. The fourth-order valence-corrected chi connectivity index (χ4v) is 4.19. The van der Waals surface area contributed by atoms with E-state index in [1.165, 1.54) is 18.9 Å². The van der Waals surface area contributed by atoms with Crippen LogP contribution in [0.1, 0.15) is 70.9 Å². The molecule has 4 nitrogen and oxygen atoms in total. The molecular weight excluding hydrogens is 417 g/mol. The maximum Gasteiger partial charge on any atom is 0.410 e. The molecule has 0 bridgehead atoms. The molecular formula is C25H33F3N2O2. The first-order valence-corrected chi connectivity index (χ1v) is 11.4. The summed E-state index contributed by atoms with van der Waals surface area (Å²) in [7, 11) is 0. The predicted molar refractivity (Wildman–Crippen MR) is 120 cm³/mol. The molecule has 2 aromatic carbocycles. The molecule has 0 saturated carbocycles. The van der Waals surface area contributed by atoms with Crippen molar-refractivity contribution in [2.45, 2.75) is 71.5 Å². The van der Waals surface area contributed by atoms with Crippen LogP contribution in [0, 0.1) is 5.41 Å². The number of hydrogen-bond acceptors (Lipinski definition) is 3. The Labute approximate surface area is 188 Å². The van der Waals surface area contributed by atoms with Crippen LogP contribution in [0.4, 0.5) is 13.2 Å². The number of nitrogens with one attached hydrogen (secondary N) is 1. The minimum Gasteiger partial charge on any atom is -0.493 e. The van der Waals surface area contributed by atoms with E-state index >= 15 is 0 Å². The molecule has 0 spiro atoms. The lowest BCUT2D eigenvalue weighted by molar-refractivity contribution is -0.192. The van der Waals surface area contributed by atoms with Crippen molar-refractivity contribution in [3.63, 3.8) is 0 Å². The lowest BCUT2D eigenvalue weighted by atomic mass is 9.93. The van der Waals surface area contributed by atoms with Crippen molar-refractivity contribution in [1.29, 1.82) is 0 Å². The molecule has 0 aliphatic carbocycles. The number of unbranched alkanes of at least 4 members (excludes halogenated alkanes) is 5. The fourth-order valence-electron chi connectivity index (χ4n) is 4.19. The van der Waals surface area contributed by atoms with Gasteiger partial charge in [0.1, 0.15) is 5.75 Å². The highest BCUT2D eigenvalue weighted by Crippen LogP contribution is 2.45. The molecule has 3 rings (SSSR count). The Hall–Kier alpha value is -2.28. The summed E-state index contributed by atoms with van der Waals surface area (Å²) in [5.74, 6) is -0.167. The zero-order valence-electron chi connectivity index (χ0n) is 19.1. The van der Waals surface area contributed by atoms with Gasteiger partial charge in [0.25, 0.3) is 0 Å². The Kier molecular flexibility index (Phi) is 7.70. The molecule has 176 valence electrons. The van der Waals surface area contributed by atoms with Gasteiger partial charge in [-0.1, -0.05) is 75.4 Å². The summed E-state index contributed by atoms with van der Waals surface area (Å²) in [6.07, 6.45) is 1.80. The van der Waals surface area contributed by atoms with Crippen LogP contribution in [0.3, 0.4) is 0 Å². The number of carbonyl (C=O) groups excluding carboxylic acids is 1. The van der Waals surface area contributed by atoms with Gasteiger partial charge in [0.15, 0.2) is 6.04 Å². The van der Waals surface area contributed by atoms with E-state index in [9.17, 15) is 18.0 Å². The summed E-state index contributed by atoms with van der Waals surface area (Å²) in [6.45, 7) is 5.76. The molecule has 0 radical (unpaired) electrons. The molecule has 1 saturated heterocycles. The second-order valence-corrected chi connectivity index (χ2v) is 9.22. The predicted octanol–water partition coefficient (Wildman–Crippen LogP) is 6.56. The quantitative estimate of drug-likeness (QED) is 0.417. The molecule has 1 N–H and O–H groups in total. The minimum atomic E-state index is -4.59.